The van der Waals surface area contributed by atoms with E-state index in [-0.39, 0.29) is 17.7 Å². The number of nitrogens with one attached hydrogen (secondary N) is 1. The normalized spacial score (nSPS) is 16.6. The standard InChI is InChI=1S/C21H23N5O3/c1-15-22-7-9-26(15)19-11-16(4-6-23-19)12-24-20(27)17-3-2-8-25(13-17)21(28)18-5-10-29-14-18/h4-7,9-11,14,17H,2-3,8,12-13H2,1H3,(H,24,27)/t17-/m0/s1. The number of hydrogen-bond donors (Lipinski definition) is 1. The number of carbonyl (C=O) groups excluding carboxylic acids is 2. The van der Waals surface area contributed by atoms with E-state index in [1.165, 1.54) is 12.5 Å². The minimum Gasteiger partial charge on any atom is -0.472 e. The van der Waals surface area contributed by atoms with Crippen LogP contribution >= 0.6 is 0 Å². The van der Waals surface area contributed by atoms with Crippen LogP contribution in [0.5, 0.6) is 0 Å². The largest absolute Gasteiger partial charge is 0.472 e. The van der Waals surface area contributed by atoms with E-state index in [4.69, 9.17) is 4.42 Å². The van der Waals surface area contributed by atoms with Crippen LogP contribution in [0.15, 0.2) is 53.7 Å². The number of imidazole rings is 1. The lowest BCUT2D eigenvalue weighted by Gasteiger charge is -2.31. The minimum atomic E-state index is -0.211. The van der Waals surface area contributed by atoms with Crippen molar-refractivity contribution in [1.82, 2.24) is 24.8 Å². The van der Waals surface area contributed by atoms with Gasteiger partial charge in [-0.2, -0.15) is 0 Å². The molecule has 1 aliphatic rings. The molecule has 4 heterocycles. The second-order valence-electron chi connectivity index (χ2n) is 7.19. The van der Waals surface area contributed by atoms with E-state index in [0.29, 0.717) is 25.2 Å². The van der Waals surface area contributed by atoms with Gasteiger partial charge >= 0.3 is 0 Å². The minimum absolute atomic E-state index is 0.0353. The molecule has 150 valence electrons. The fraction of sp³-hybridized carbons (Fsp3) is 0.333. The molecule has 0 aromatic carbocycles. The second-order valence-corrected chi connectivity index (χ2v) is 7.19. The summed E-state index contributed by atoms with van der Waals surface area (Å²) in [5.74, 6) is 1.28. The molecule has 1 fully saturated rings. The van der Waals surface area contributed by atoms with Gasteiger partial charge in [0, 0.05) is 38.2 Å². The summed E-state index contributed by atoms with van der Waals surface area (Å²) in [5.41, 5.74) is 1.48. The number of aromatic nitrogens is 3. The Morgan fingerprint density at radius 2 is 2.17 bits per heavy atom. The molecule has 8 heteroatoms. The zero-order valence-electron chi connectivity index (χ0n) is 16.2. The van der Waals surface area contributed by atoms with Gasteiger partial charge in [-0.1, -0.05) is 0 Å². The molecule has 29 heavy (non-hydrogen) atoms. The van der Waals surface area contributed by atoms with E-state index in [2.05, 4.69) is 15.3 Å². The molecule has 0 spiro atoms. The molecular weight excluding hydrogens is 370 g/mol. The maximum absolute atomic E-state index is 12.7. The van der Waals surface area contributed by atoms with Crippen molar-refractivity contribution in [1.29, 1.82) is 0 Å². The monoisotopic (exact) mass is 393 g/mol. The lowest BCUT2D eigenvalue weighted by molar-refractivity contribution is -0.126. The van der Waals surface area contributed by atoms with E-state index in [0.717, 1.165) is 30.0 Å². The Morgan fingerprint density at radius 1 is 1.28 bits per heavy atom. The first-order valence-corrected chi connectivity index (χ1v) is 9.66. The highest BCUT2D eigenvalue weighted by atomic mass is 16.3. The molecule has 1 aliphatic heterocycles. The summed E-state index contributed by atoms with van der Waals surface area (Å²) in [6, 6.07) is 5.46. The highest BCUT2D eigenvalue weighted by Crippen LogP contribution is 2.19. The van der Waals surface area contributed by atoms with Gasteiger partial charge in [-0.15, -0.1) is 0 Å². The van der Waals surface area contributed by atoms with Gasteiger partial charge in [0.25, 0.3) is 5.91 Å². The Bertz CT molecular complexity index is 995. The second kappa shape index (κ2) is 8.30. The number of furan rings is 1. The number of carbonyl (C=O) groups is 2. The van der Waals surface area contributed by atoms with Crippen molar-refractivity contribution < 1.29 is 14.0 Å². The van der Waals surface area contributed by atoms with Gasteiger partial charge in [-0.3, -0.25) is 14.2 Å². The third kappa shape index (κ3) is 4.21. The maximum Gasteiger partial charge on any atom is 0.257 e. The van der Waals surface area contributed by atoms with Crippen molar-refractivity contribution in [2.24, 2.45) is 5.92 Å². The quantitative estimate of drug-likeness (QED) is 0.718. The Labute approximate surface area is 168 Å². The third-order valence-corrected chi connectivity index (χ3v) is 5.20. The van der Waals surface area contributed by atoms with Crippen LogP contribution in [0.1, 0.15) is 34.6 Å². The number of nitrogens with zero attached hydrogens (tertiary/aromatic N) is 4. The van der Waals surface area contributed by atoms with Gasteiger partial charge in [-0.25, -0.2) is 9.97 Å². The number of likely N-dealkylation sites (tertiary alicyclic amines) is 1. The van der Waals surface area contributed by atoms with Crippen molar-refractivity contribution in [2.45, 2.75) is 26.3 Å². The molecule has 8 nitrogen and oxygen atoms in total. The Balaban J connectivity index is 1.36. The zero-order chi connectivity index (χ0) is 20.2. The molecule has 0 radical (unpaired) electrons. The maximum atomic E-state index is 12.7. The summed E-state index contributed by atoms with van der Waals surface area (Å²) < 4.78 is 6.89. The van der Waals surface area contributed by atoms with Gasteiger partial charge in [0.2, 0.25) is 5.91 Å². The molecule has 3 aromatic heterocycles. The average molecular weight is 393 g/mol. The van der Waals surface area contributed by atoms with Crippen LogP contribution in [0.4, 0.5) is 0 Å². The summed E-state index contributed by atoms with van der Waals surface area (Å²) in [7, 11) is 0. The lowest BCUT2D eigenvalue weighted by atomic mass is 9.96. The van der Waals surface area contributed by atoms with Crippen LogP contribution in [0, 0.1) is 12.8 Å². The zero-order valence-corrected chi connectivity index (χ0v) is 16.2. The lowest BCUT2D eigenvalue weighted by Crippen LogP contribution is -2.45. The van der Waals surface area contributed by atoms with Gasteiger partial charge in [-0.05, 0) is 43.5 Å². The van der Waals surface area contributed by atoms with Crippen LogP contribution in [0.3, 0.4) is 0 Å². The topological polar surface area (TPSA) is 93.3 Å². The van der Waals surface area contributed by atoms with Crippen LogP contribution in [0.25, 0.3) is 5.82 Å². The van der Waals surface area contributed by atoms with Gasteiger partial charge in [0.1, 0.15) is 17.9 Å². The summed E-state index contributed by atoms with van der Waals surface area (Å²) in [4.78, 5) is 35.5. The van der Waals surface area contributed by atoms with Crippen LogP contribution < -0.4 is 5.32 Å². The van der Waals surface area contributed by atoms with Crippen molar-refractivity contribution in [2.75, 3.05) is 13.1 Å². The molecule has 0 saturated carbocycles. The van der Waals surface area contributed by atoms with Gasteiger partial charge in [0.05, 0.1) is 17.7 Å². The van der Waals surface area contributed by atoms with E-state index in [1.807, 2.05) is 29.8 Å². The third-order valence-electron chi connectivity index (χ3n) is 5.20. The predicted molar refractivity (Wildman–Crippen MR) is 105 cm³/mol. The summed E-state index contributed by atoms with van der Waals surface area (Å²) >= 11 is 0. The molecule has 1 atom stereocenters. The smallest absolute Gasteiger partial charge is 0.257 e. The molecule has 1 saturated heterocycles. The van der Waals surface area contributed by atoms with E-state index in [1.54, 1.807) is 23.4 Å². The van der Waals surface area contributed by atoms with E-state index < -0.39 is 0 Å². The van der Waals surface area contributed by atoms with E-state index >= 15 is 0 Å². The first kappa shape index (κ1) is 18.9. The predicted octanol–water partition coefficient (Wildman–Crippen LogP) is 2.34. The number of piperidine rings is 1. The number of pyridine rings is 1. The van der Waals surface area contributed by atoms with E-state index in [9.17, 15) is 9.59 Å². The number of hydrogen-bond acceptors (Lipinski definition) is 5. The molecule has 4 rings (SSSR count). The molecule has 0 aliphatic carbocycles. The number of amides is 2. The fourth-order valence-electron chi connectivity index (χ4n) is 3.60. The molecule has 1 N–H and O–H groups in total. The number of aryl methyl sites for hydroxylation is 1. The molecule has 0 bridgehead atoms. The first-order valence-electron chi connectivity index (χ1n) is 9.66. The molecular formula is C21H23N5O3. The summed E-state index contributed by atoms with van der Waals surface area (Å²) in [6.45, 7) is 3.40. The highest BCUT2D eigenvalue weighted by molar-refractivity contribution is 5.94. The van der Waals surface area contributed by atoms with Gasteiger partial charge < -0.3 is 14.6 Å². The fourth-order valence-corrected chi connectivity index (χ4v) is 3.60. The van der Waals surface area contributed by atoms with Crippen LogP contribution in [-0.2, 0) is 11.3 Å². The summed E-state index contributed by atoms with van der Waals surface area (Å²) in [5, 5.41) is 3.00. The van der Waals surface area contributed by atoms with Crippen molar-refractivity contribution in [3.63, 3.8) is 0 Å². The Hall–Kier alpha value is -3.42. The Kier molecular flexibility index (Phi) is 5.41. The molecule has 3 aromatic rings. The van der Waals surface area contributed by atoms with Crippen molar-refractivity contribution in [3.05, 3.63) is 66.3 Å². The van der Waals surface area contributed by atoms with Crippen molar-refractivity contribution >= 4 is 11.8 Å². The first-order chi connectivity index (χ1) is 14.1. The summed E-state index contributed by atoms with van der Waals surface area (Å²) in [6.07, 6.45) is 9.81. The van der Waals surface area contributed by atoms with Gasteiger partial charge in [0.15, 0.2) is 0 Å². The van der Waals surface area contributed by atoms with Crippen LogP contribution in [-0.4, -0.2) is 44.3 Å². The molecule has 2 amide bonds. The average Bonchev–Trinajstić information content (AvgIpc) is 3.44. The number of rotatable bonds is 5. The molecule has 0 unspecified atom stereocenters. The highest BCUT2D eigenvalue weighted by Gasteiger charge is 2.29. The SMILES string of the molecule is Cc1nccn1-c1cc(CNC(=O)[C@H]2CCCN(C(=O)c3ccoc3)C2)ccn1. The van der Waals surface area contributed by atoms with Crippen LogP contribution in [0.2, 0.25) is 0 Å². The Morgan fingerprint density at radius 3 is 2.93 bits per heavy atom. The van der Waals surface area contributed by atoms with Crippen molar-refractivity contribution in [3.8, 4) is 5.82 Å².